The van der Waals surface area contributed by atoms with E-state index in [2.05, 4.69) is 170 Å². The Bertz CT molecular complexity index is 5450. The van der Waals surface area contributed by atoms with Gasteiger partial charge in [-0.05, 0) is 196 Å². The molecule has 0 aliphatic heterocycles. The van der Waals surface area contributed by atoms with Crippen molar-refractivity contribution in [2.75, 3.05) is 63.8 Å². The molecular weight excluding hydrogens is 1420 g/mol. The molecule has 0 fully saturated rings. The second-order valence-corrected chi connectivity index (χ2v) is 25.9. The maximum Gasteiger partial charge on any atom is 0.233 e. The largest absolute Gasteiger partial charge is 0.324 e. The van der Waals surface area contributed by atoms with E-state index >= 15 is 0 Å². The number of hydrogen-bond acceptors (Lipinski definition) is 24. The fourth-order valence-corrected chi connectivity index (χ4v) is 11.2. The van der Waals surface area contributed by atoms with Crippen LogP contribution in [0.5, 0.6) is 0 Å². The van der Waals surface area contributed by atoms with Crippen molar-refractivity contribution in [3.8, 4) is 0 Å². The predicted octanol–water partition coefficient (Wildman–Crippen LogP) is 22.3. The van der Waals surface area contributed by atoms with E-state index in [0.29, 0.717) is 71.4 Å². The molecule has 0 radical (unpaired) electrons. The second kappa shape index (κ2) is 38.9. The first-order valence-corrected chi connectivity index (χ1v) is 36.8. The zero-order valence-electron chi connectivity index (χ0n) is 63.5. The van der Waals surface area contributed by atoms with Crippen molar-refractivity contribution in [2.45, 2.75) is 41.5 Å². The van der Waals surface area contributed by atoms with Crippen LogP contribution in [0.1, 0.15) is 33.4 Å². The molecule has 4 heterocycles. The van der Waals surface area contributed by atoms with Gasteiger partial charge in [-0.3, -0.25) is 0 Å². The fraction of sp³-hybridized carbons (Fsp3) is 0.0667. The summed E-state index contributed by atoms with van der Waals surface area (Å²) in [5.41, 5.74) is 17.9. The van der Waals surface area contributed by atoms with Crippen LogP contribution in [0.2, 0.25) is 0 Å². The van der Waals surface area contributed by atoms with Crippen molar-refractivity contribution < 1.29 is 0 Å². The minimum Gasteiger partial charge on any atom is -0.324 e. The van der Waals surface area contributed by atoms with Gasteiger partial charge >= 0.3 is 0 Å². The Morgan fingerprint density at radius 3 is 0.649 bits per heavy atom. The molecule has 0 aliphatic rings. The number of aryl methyl sites for hydroxylation is 5. The zero-order chi connectivity index (χ0) is 78.5. The average Bonchev–Trinajstić information content (AvgIpc) is 0.848. The van der Waals surface area contributed by atoms with Crippen LogP contribution in [0, 0.1) is 41.5 Å². The molecule has 24 nitrogen and oxygen atoms in total. The first-order valence-electron chi connectivity index (χ1n) is 36.8. The standard InChI is InChI=1S/2C23H22N6.2C22H20N6/c1-16-10-9-11-17(2)20(16)26-23-28-21(24-18-12-5-3-6-13-18)27-22(29-23)25-19-14-7-4-8-15-19;1-16-10-9-15-20(17(16)2)26-23-28-21(24-18-11-5-3-6-12-18)27-22(29-23)25-19-13-7-4-8-14-19;1-16-10-8-9-15-19(16)25-22-27-20(23-17-11-4-2-5-12-17)26-21(28-22)24-18-13-6-3-7-14-18;1-16-9-8-14-19(15-16)25-22-27-20(23-17-10-4-2-5-11-17)26-21(28-22)24-18-12-6-3-7-13-18/h2*3-15H,1-2H3,(H3,24,25,26,27,28,29);2*2-15H,1H3,(H3,23,24,25,26,27,28). The molecule has 24 heteroatoms. The van der Waals surface area contributed by atoms with Crippen molar-refractivity contribution in [2.24, 2.45) is 0 Å². The summed E-state index contributed by atoms with van der Waals surface area (Å²) in [7, 11) is 0. The highest BCUT2D eigenvalue weighted by atomic mass is 15.3. The van der Waals surface area contributed by atoms with E-state index < -0.39 is 0 Å². The summed E-state index contributed by atoms with van der Waals surface area (Å²) in [5, 5.41) is 39.1. The lowest BCUT2D eigenvalue weighted by Crippen LogP contribution is -2.08. The first kappa shape index (κ1) is 76.5. The van der Waals surface area contributed by atoms with Gasteiger partial charge in [0.15, 0.2) is 0 Å². The van der Waals surface area contributed by atoms with Crippen LogP contribution in [0.25, 0.3) is 0 Å². The minimum atomic E-state index is 0.454. The number of aromatic nitrogens is 12. The van der Waals surface area contributed by atoms with Gasteiger partial charge in [0, 0.05) is 68.2 Å². The van der Waals surface area contributed by atoms with Crippen LogP contribution in [-0.4, -0.2) is 59.8 Å². The second-order valence-electron chi connectivity index (χ2n) is 25.9. The normalized spacial score (nSPS) is 10.4. The molecule has 0 amide bonds. The van der Waals surface area contributed by atoms with Gasteiger partial charge in [0.05, 0.1) is 0 Å². The van der Waals surface area contributed by atoms with Crippen molar-refractivity contribution >= 4 is 140 Å². The number of benzene rings is 12. The summed E-state index contributed by atoms with van der Waals surface area (Å²) >= 11 is 0. The van der Waals surface area contributed by atoms with Crippen molar-refractivity contribution in [3.63, 3.8) is 0 Å². The highest BCUT2D eigenvalue weighted by Gasteiger charge is 2.16. The first-order chi connectivity index (χ1) is 55.8. The van der Waals surface area contributed by atoms with E-state index in [9.17, 15) is 0 Å². The van der Waals surface area contributed by atoms with E-state index in [0.717, 1.165) is 96.1 Å². The maximum atomic E-state index is 4.56. The number of hydrogen-bond donors (Lipinski definition) is 12. The summed E-state index contributed by atoms with van der Waals surface area (Å²) in [5.74, 6) is 5.49. The van der Waals surface area contributed by atoms with Gasteiger partial charge in [-0.15, -0.1) is 0 Å². The molecule has 0 saturated carbocycles. The Balaban J connectivity index is 0.000000133. The Hall–Kier alpha value is -15.7. The molecule has 12 N–H and O–H groups in total. The Kier molecular flexibility index (Phi) is 26.1. The minimum absolute atomic E-state index is 0.454. The average molecular weight is 1500 g/mol. The van der Waals surface area contributed by atoms with Crippen LogP contribution < -0.4 is 63.8 Å². The maximum absolute atomic E-state index is 4.56. The van der Waals surface area contributed by atoms with E-state index in [-0.39, 0.29) is 0 Å². The smallest absolute Gasteiger partial charge is 0.233 e. The number of para-hydroxylation sites is 10. The SMILES string of the molecule is Cc1cccc(C)c1Nc1nc(Nc2ccccc2)nc(Nc2ccccc2)n1.Cc1cccc(Nc2nc(Nc3ccccc3)nc(Nc3ccccc3)n2)c1.Cc1cccc(Nc2nc(Nc3ccccc3)nc(Nc3ccccc3)n2)c1C.Cc1ccccc1Nc1nc(Nc2ccccc2)nc(Nc2ccccc2)n1. The number of nitrogens with one attached hydrogen (secondary N) is 12. The summed E-state index contributed by atoms with van der Waals surface area (Å²) in [6.07, 6.45) is 0. The summed E-state index contributed by atoms with van der Waals surface area (Å²) < 4.78 is 0. The lowest BCUT2D eigenvalue weighted by molar-refractivity contribution is 1.06. The van der Waals surface area contributed by atoms with Crippen LogP contribution in [0.15, 0.2) is 328 Å². The Labute approximate surface area is 662 Å². The molecule has 16 rings (SSSR count). The lowest BCUT2D eigenvalue weighted by atomic mass is 10.1. The molecule has 0 saturated heterocycles. The molecule has 0 aliphatic carbocycles. The van der Waals surface area contributed by atoms with Crippen LogP contribution in [0.3, 0.4) is 0 Å². The quantitative estimate of drug-likeness (QED) is 0.0268. The Morgan fingerprint density at radius 2 is 0.360 bits per heavy atom. The third kappa shape index (κ3) is 23.4. The molecule has 12 aromatic carbocycles. The molecule has 0 spiro atoms. The molecule has 0 bridgehead atoms. The topological polar surface area (TPSA) is 299 Å². The fourth-order valence-electron chi connectivity index (χ4n) is 11.2. The van der Waals surface area contributed by atoms with E-state index in [1.165, 1.54) is 5.56 Å². The Morgan fingerprint density at radius 1 is 0.158 bits per heavy atom. The van der Waals surface area contributed by atoms with Gasteiger partial charge < -0.3 is 63.8 Å². The van der Waals surface area contributed by atoms with Crippen molar-refractivity contribution in [3.05, 3.63) is 361 Å². The van der Waals surface area contributed by atoms with Crippen LogP contribution in [0.4, 0.5) is 140 Å². The molecule has 0 atom stereocenters. The highest BCUT2D eigenvalue weighted by Crippen LogP contribution is 2.30. The lowest BCUT2D eigenvalue weighted by Gasteiger charge is -2.14. The van der Waals surface area contributed by atoms with Crippen LogP contribution >= 0.6 is 0 Å². The van der Waals surface area contributed by atoms with E-state index in [4.69, 9.17) is 0 Å². The van der Waals surface area contributed by atoms with Gasteiger partial charge in [0.25, 0.3) is 0 Å². The van der Waals surface area contributed by atoms with Gasteiger partial charge in [-0.2, -0.15) is 59.8 Å². The predicted molar refractivity (Wildman–Crippen MR) is 464 cm³/mol. The van der Waals surface area contributed by atoms with Crippen molar-refractivity contribution in [1.29, 1.82) is 0 Å². The molecule has 564 valence electrons. The van der Waals surface area contributed by atoms with Gasteiger partial charge in [0.1, 0.15) is 0 Å². The molecule has 114 heavy (non-hydrogen) atoms. The summed E-state index contributed by atoms with van der Waals surface area (Å²) in [6, 6.07) is 107. The van der Waals surface area contributed by atoms with Crippen molar-refractivity contribution in [1.82, 2.24) is 59.8 Å². The van der Waals surface area contributed by atoms with Gasteiger partial charge in [-0.1, -0.05) is 206 Å². The van der Waals surface area contributed by atoms with E-state index in [1.807, 2.05) is 323 Å². The van der Waals surface area contributed by atoms with Gasteiger partial charge in [-0.25, -0.2) is 0 Å². The number of nitrogens with zero attached hydrogens (tertiary/aromatic N) is 12. The third-order valence-corrected chi connectivity index (χ3v) is 17.0. The molecular formula is C90H84N24. The zero-order valence-corrected chi connectivity index (χ0v) is 63.5. The monoisotopic (exact) mass is 1500 g/mol. The van der Waals surface area contributed by atoms with E-state index in [1.54, 1.807) is 0 Å². The number of rotatable bonds is 24. The molecule has 0 unspecified atom stereocenters. The number of anilines is 24. The highest BCUT2D eigenvalue weighted by molar-refractivity contribution is 5.70. The third-order valence-electron chi connectivity index (χ3n) is 17.0. The van der Waals surface area contributed by atoms with Crippen LogP contribution in [-0.2, 0) is 0 Å². The van der Waals surface area contributed by atoms with Gasteiger partial charge in [0.2, 0.25) is 71.4 Å². The summed E-state index contributed by atoms with van der Waals surface area (Å²) in [4.78, 5) is 54.3. The summed E-state index contributed by atoms with van der Waals surface area (Å²) in [6.45, 7) is 12.4. The molecule has 4 aromatic heterocycles. The molecule has 16 aromatic rings.